The summed E-state index contributed by atoms with van der Waals surface area (Å²) in [5.41, 5.74) is 0. The number of carbonyl (C=O) groups is 1. The van der Waals surface area contributed by atoms with Crippen molar-refractivity contribution in [2.75, 3.05) is 6.61 Å². The fraction of sp³-hybridized carbons (Fsp3) is 0.900. The maximum absolute atomic E-state index is 11.5. The zero-order valence-electron chi connectivity index (χ0n) is 8.11. The average Bonchev–Trinajstić information content (AvgIpc) is 2.82. The molecular weight excluding hydrogens is 200 g/mol. The SMILES string of the molecule is O=C1O[C@H](CO)[C@H]2[C@@H]3C[C@@H]([C@@H](O)[C@H]3O)[C@@H]12. The predicted molar refractivity (Wildman–Crippen MR) is 47.6 cm³/mol. The lowest BCUT2D eigenvalue weighted by Gasteiger charge is -2.31. The summed E-state index contributed by atoms with van der Waals surface area (Å²) in [6.07, 6.45) is -1.39. The van der Waals surface area contributed by atoms with E-state index in [-0.39, 0.29) is 36.2 Å². The topological polar surface area (TPSA) is 87.0 Å². The Morgan fingerprint density at radius 3 is 2.60 bits per heavy atom. The molecule has 0 aromatic carbocycles. The van der Waals surface area contributed by atoms with Gasteiger partial charge in [0.15, 0.2) is 0 Å². The Balaban J connectivity index is 1.94. The van der Waals surface area contributed by atoms with E-state index in [9.17, 15) is 15.0 Å². The molecule has 5 heteroatoms. The Morgan fingerprint density at radius 1 is 1.27 bits per heavy atom. The number of aliphatic hydroxyl groups is 3. The van der Waals surface area contributed by atoms with Crippen LogP contribution in [-0.2, 0) is 9.53 Å². The molecule has 3 N–H and O–H groups in total. The first kappa shape index (κ1) is 9.57. The first-order chi connectivity index (χ1) is 7.15. The fourth-order valence-electron chi connectivity index (χ4n) is 3.70. The number of cyclic esters (lactones) is 1. The molecule has 0 spiro atoms. The summed E-state index contributed by atoms with van der Waals surface area (Å²) in [5.74, 6) is -1.02. The second kappa shape index (κ2) is 2.93. The van der Waals surface area contributed by atoms with Crippen LogP contribution in [0.2, 0.25) is 0 Å². The van der Waals surface area contributed by atoms with Crippen LogP contribution >= 0.6 is 0 Å². The van der Waals surface area contributed by atoms with E-state index in [4.69, 9.17) is 9.84 Å². The highest BCUT2D eigenvalue weighted by atomic mass is 16.6. The number of carbonyl (C=O) groups excluding carboxylic acids is 1. The van der Waals surface area contributed by atoms with Crippen LogP contribution in [0.15, 0.2) is 0 Å². The third-order valence-electron chi connectivity index (χ3n) is 4.29. The minimum Gasteiger partial charge on any atom is -0.459 e. The van der Waals surface area contributed by atoms with Crippen LogP contribution < -0.4 is 0 Å². The molecule has 1 saturated heterocycles. The monoisotopic (exact) mass is 214 g/mol. The minimum absolute atomic E-state index is 0.0985. The van der Waals surface area contributed by atoms with Gasteiger partial charge in [0.1, 0.15) is 6.10 Å². The van der Waals surface area contributed by atoms with Gasteiger partial charge in [0.25, 0.3) is 0 Å². The Hall–Kier alpha value is -0.650. The Morgan fingerprint density at radius 2 is 1.93 bits per heavy atom. The second-order valence-corrected chi connectivity index (χ2v) is 4.81. The molecule has 0 amide bonds. The second-order valence-electron chi connectivity index (χ2n) is 4.81. The van der Waals surface area contributed by atoms with Gasteiger partial charge in [-0.3, -0.25) is 4.79 Å². The summed E-state index contributed by atoms with van der Waals surface area (Å²) in [7, 11) is 0. The molecule has 3 aliphatic rings. The lowest BCUT2D eigenvalue weighted by molar-refractivity contribution is -0.147. The molecule has 15 heavy (non-hydrogen) atoms. The van der Waals surface area contributed by atoms with E-state index in [1.54, 1.807) is 0 Å². The number of hydrogen-bond donors (Lipinski definition) is 3. The maximum atomic E-state index is 11.5. The molecule has 3 rings (SSSR count). The van der Waals surface area contributed by atoms with Crippen LogP contribution in [0.25, 0.3) is 0 Å². The molecule has 1 heterocycles. The van der Waals surface area contributed by atoms with Crippen molar-refractivity contribution in [3.63, 3.8) is 0 Å². The number of aliphatic hydroxyl groups excluding tert-OH is 3. The molecule has 2 bridgehead atoms. The zero-order valence-corrected chi connectivity index (χ0v) is 8.11. The van der Waals surface area contributed by atoms with Gasteiger partial charge < -0.3 is 20.1 Å². The standard InChI is InChI=1S/C10H14O5/c11-2-5-6-3-1-4(9(13)8(3)12)7(6)10(14)15-5/h3-9,11-13H,1-2H2/t3-,4+,5+,6+,7+,8-,9+/m0/s1. The van der Waals surface area contributed by atoms with Gasteiger partial charge in [0, 0.05) is 11.8 Å². The summed E-state index contributed by atoms with van der Waals surface area (Å²) in [6, 6.07) is 0. The van der Waals surface area contributed by atoms with Gasteiger partial charge in [0.05, 0.1) is 24.7 Å². The molecular formula is C10H14O5. The van der Waals surface area contributed by atoms with Crippen molar-refractivity contribution >= 4 is 5.97 Å². The highest BCUT2D eigenvalue weighted by Gasteiger charge is 2.65. The van der Waals surface area contributed by atoms with Crippen LogP contribution in [0.5, 0.6) is 0 Å². The van der Waals surface area contributed by atoms with E-state index in [0.29, 0.717) is 6.42 Å². The highest BCUT2D eigenvalue weighted by molar-refractivity contribution is 5.76. The van der Waals surface area contributed by atoms with Crippen LogP contribution in [0, 0.1) is 23.7 Å². The van der Waals surface area contributed by atoms with Crippen LogP contribution in [0.3, 0.4) is 0 Å². The van der Waals surface area contributed by atoms with Crippen LogP contribution in [0.1, 0.15) is 6.42 Å². The van der Waals surface area contributed by atoms with E-state index < -0.39 is 18.3 Å². The number of fused-ring (bicyclic) bond motifs is 5. The number of hydrogen-bond acceptors (Lipinski definition) is 5. The third kappa shape index (κ3) is 1.01. The van der Waals surface area contributed by atoms with Gasteiger partial charge in [0.2, 0.25) is 0 Å². The molecule has 7 atom stereocenters. The zero-order chi connectivity index (χ0) is 10.7. The van der Waals surface area contributed by atoms with Gasteiger partial charge >= 0.3 is 5.97 Å². The molecule has 5 nitrogen and oxygen atoms in total. The van der Waals surface area contributed by atoms with E-state index in [1.165, 1.54) is 0 Å². The molecule has 1 aliphatic heterocycles. The van der Waals surface area contributed by atoms with Gasteiger partial charge in [-0.15, -0.1) is 0 Å². The van der Waals surface area contributed by atoms with Gasteiger partial charge in [-0.25, -0.2) is 0 Å². The van der Waals surface area contributed by atoms with Gasteiger partial charge in [-0.2, -0.15) is 0 Å². The highest BCUT2D eigenvalue weighted by Crippen LogP contribution is 2.57. The van der Waals surface area contributed by atoms with Crippen LogP contribution in [0.4, 0.5) is 0 Å². The predicted octanol–water partition coefficient (Wildman–Crippen LogP) is -1.49. The molecule has 3 fully saturated rings. The van der Waals surface area contributed by atoms with E-state index >= 15 is 0 Å². The van der Waals surface area contributed by atoms with E-state index in [0.717, 1.165) is 0 Å². The largest absolute Gasteiger partial charge is 0.459 e. The molecule has 0 aromatic rings. The number of rotatable bonds is 1. The lowest BCUT2D eigenvalue weighted by atomic mass is 9.76. The molecule has 2 aliphatic carbocycles. The smallest absolute Gasteiger partial charge is 0.310 e. The van der Waals surface area contributed by atoms with Crippen molar-refractivity contribution in [1.82, 2.24) is 0 Å². The van der Waals surface area contributed by atoms with Gasteiger partial charge in [-0.1, -0.05) is 0 Å². The molecule has 2 saturated carbocycles. The Labute approximate surface area is 86.7 Å². The van der Waals surface area contributed by atoms with E-state index in [1.807, 2.05) is 0 Å². The first-order valence-electron chi connectivity index (χ1n) is 5.32. The van der Waals surface area contributed by atoms with Gasteiger partial charge in [-0.05, 0) is 12.3 Å². The van der Waals surface area contributed by atoms with Crippen molar-refractivity contribution in [2.24, 2.45) is 23.7 Å². The quantitative estimate of drug-likeness (QED) is 0.463. The first-order valence-corrected chi connectivity index (χ1v) is 5.32. The van der Waals surface area contributed by atoms with E-state index in [2.05, 4.69) is 0 Å². The van der Waals surface area contributed by atoms with Crippen molar-refractivity contribution in [3.8, 4) is 0 Å². The van der Waals surface area contributed by atoms with Crippen molar-refractivity contribution in [1.29, 1.82) is 0 Å². The number of esters is 1. The lowest BCUT2D eigenvalue weighted by Crippen LogP contribution is -2.44. The maximum Gasteiger partial charge on any atom is 0.310 e. The normalized spacial score (nSPS) is 57.0. The summed E-state index contributed by atoms with van der Waals surface area (Å²) in [4.78, 5) is 11.5. The fourth-order valence-corrected chi connectivity index (χ4v) is 3.70. The minimum atomic E-state index is -0.804. The molecule has 84 valence electrons. The third-order valence-corrected chi connectivity index (χ3v) is 4.29. The summed E-state index contributed by atoms with van der Waals surface area (Å²) in [5, 5.41) is 28.5. The molecule has 0 unspecified atom stereocenters. The molecule has 0 radical (unpaired) electrons. The summed E-state index contributed by atoms with van der Waals surface area (Å²) < 4.78 is 5.04. The van der Waals surface area contributed by atoms with Crippen LogP contribution in [-0.4, -0.2) is 46.2 Å². The summed E-state index contributed by atoms with van der Waals surface area (Å²) >= 11 is 0. The van der Waals surface area contributed by atoms with Crippen molar-refractivity contribution < 1.29 is 24.9 Å². The number of ether oxygens (including phenoxy) is 1. The average molecular weight is 214 g/mol. The Bertz CT molecular complexity index is 304. The van der Waals surface area contributed by atoms with Crippen molar-refractivity contribution in [2.45, 2.75) is 24.7 Å². The molecule has 0 aromatic heterocycles. The van der Waals surface area contributed by atoms with Crippen molar-refractivity contribution in [3.05, 3.63) is 0 Å². The summed E-state index contributed by atoms with van der Waals surface area (Å²) in [6.45, 7) is -0.195. The Kier molecular flexibility index (Phi) is 1.87.